The van der Waals surface area contributed by atoms with Crippen molar-refractivity contribution in [1.29, 1.82) is 0 Å². The van der Waals surface area contributed by atoms with Crippen LogP contribution in [0.25, 0.3) is 0 Å². The number of hydrogen-bond acceptors (Lipinski definition) is 1. The summed E-state index contributed by atoms with van der Waals surface area (Å²) in [6.07, 6.45) is 9.26. The molecule has 124 valence electrons. The molecule has 0 saturated carbocycles. The van der Waals surface area contributed by atoms with E-state index in [4.69, 9.17) is 4.74 Å². The molecule has 1 heterocycles. The molecule has 0 aliphatic carbocycles. The lowest BCUT2D eigenvalue weighted by Gasteiger charge is -2.30. The van der Waals surface area contributed by atoms with Gasteiger partial charge in [0.2, 0.25) is 0 Å². The van der Waals surface area contributed by atoms with E-state index in [0.717, 1.165) is 12.5 Å². The first-order valence-corrected chi connectivity index (χ1v) is 9.21. The lowest BCUT2D eigenvalue weighted by molar-refractivity contribution is 0.112. The van der Waals surface area contributed by atoms with Crippen molar-refractivity contribution in [1.82, 2.24) is 0 Å². The van der Waals surface area contributed by atoms with E-state index in [0.29, 0.717) is 11.5 Å². The average molecular weight is 303 g/mol. The van der Waals surface area contributed by atoms with Gasteiger partial charge in [0.25, 0.3) is 0 Å². The number of ether oxygens (including phenoxy) is 1. The Labute approximate surface area is 137 Å². The van der Waals surface area contributed by atoms with Crippen LogP contribution in [0.5, 0.6) is 0 Å². The average Bonchev–Trinajstić information content (AvgIpc) is 3.00. The fraction of sp³-hybridized carbons (Fsp3) is 0.714. The minimum atomic E-state index is 0.349. The minimum absolute atomic E-state index is 0.349. The summed E-state index contributed by atoms with van der Waals surface area (Å²) in [6.45, 7) is 10.4. The standard InChI is InChI=1S/C21H34O/c1-5-9-19(21(2,3)4)13-7-11-17-10-6-12-18(16-17)20-14-8-15-22-20/h6,10,12,16,19-20H,5,7-9,11,13-15H2,1-4H3. The van der Waals surface area contributed by atoms with Gasteiger partial charge in [0, 0.05) is 6.61 Å². The lowest BCUT2D eigenvalue weighted by atomic mass is 9.75. The highest BCUT2D eigenvalue weighted by atomic mass is 16.5. The van der Waals surface area contributed by atoms with Crippen LogP contribution in [0.15, 0.2) is 24.3 Å². The van der Waals surface area contributed by atoms with Gasteiger partial charge >= 0.3 is 0 Å². The van der Waals surface area contributed by atoms with Gasteiger partial charge in [-0.25, -0.2) is 0 Å². The molecule has 1 aromatic carbocycles. The van der Waals surface area contributed by atoms with Crippen molar-refractivity contribution in [3.63, 3.8) is 0 Å². The van der Waals surface area contributed by atoms with Crippen LogP contribution >= 0.6 is 0 Å². The number of hydrogen-bond donors (Lipinski definition) is 0. The van der Waals surface area contributed by atoms with E-state index >= 15 is 0 Å². The molecule has 1 fully saturated rings. The van der Waals surface area contributed by atoms with Crippen molar-refractivity contribution in [3.05, 3.63) is 35.4 Å². The molecule has 1 saturated heterocycles. The van der Waals surface area contributed by atoms with Crippen LogP contribution in [0, 0.1) is 11.3 Å². The van der Waals surface area contributed by atoms with Crippen LogP contribution < -0.4 is 0 Å². The molecule has 2 atom stereocenters. The third-order valence-electron chi connectivity index (χ3n) is 5.13. The van der Waals surface area contributed by atoms with E-state index in [9.17, 15) is 0 Å². The number of aryl methyl sites for hydroxylation is 1. The summed E-state index contributed by atoms with van der Waals surface area (Å²) in [6, 6.07) is 9.10. The van der Waals surface area contributed by atoms with Gasteiger partial charge in [-0.1, -0.05) is 64.8 Å². The topological polar surface area (TPSA) is 9.23 Å². The molecule has 1 nitrogen and oxygen atoms in total. The van der Waals surface area contributed by atoms with Crippen molar-refractivity contribution < 1.29 is 4.74 Å². The summed E-state index contributed by atoms with van der Waals surface area (Å²) in [5.41, 5.74) is 3.31. The van der Waals surface area contributed by atoms with Gasteiger partial charge in [-0.15, -0.1) is 0 Å². The van der Waals surface area contributed by atoms with Crippen LogP contribution in [0.4, 0.5) is 0 Å². The molecule has 1 heteroatoms. The Morgan fingerprint density at radius 3 is 2.68 bits per heavy atom. The fourth-order valence-electron chi connectivity index (χ4n) is 3.70. The molecular formula is C21H34O. The highest BCUT2D eigenvalue weighted by Gasteiger charge is 2.23. The molecule has 0 bridgehead atoms. The Kier molecular flexibility index (Phi) is 6.50. The molecular weight excluding hydrogens is 268 g/mol. The van der Waals surface area contributed by atoms with Crippen molar-refractivity contribution in [2.45, 2.75) is 78.7 Å². The molecule has 0 amide bonds. The Morgan fingerprint density at radius 1 is 1.23 bits per heavy atom. The van der Waals surface area contributed by atoms with E-state index < -0.39 is 0 Å². The first-order chi connectivity index (χ1) is 10.5. The summed E-state index contributed by atoms with van der Waals surface area (Å²) in [5, 5.41) is 0. The van der Waals surface area contributed by atoms with E-state index in [-0.39, 0.29) is 0 Å². The summed E-state index contributed by atoms with van der Waals surface area (Å²) < 4.78 is 5.81. The zero-order valence-electron chi connectivity index (χ0n) is 15.0. The minimum Gasteiger partial charge on any atom is -0.374 e. The largest absolute Gasteiger partial charge is 0.374 e. The first-order valence-electron chi connectivity index (χ1n) is 9.21. The molecule has 1 aliphatic heterocycles. The smallest absolute Gasteiger partial charge is 0.0825 e. The maximum atomic E-state index is 5.81. The molecule has 0 radical (unpaired) electrons. The normalized spacial score (nSPS) is 20.3. The highest BCUT2D eigenvalue weighted by molar-refractivity contribution is 5.25. The third kappa shape index (κ3) is 5.12. The summed E-state index contributed by atoms with van der Waals surface area (Å²) in [5.74, 6) is 0.846. The van der Waals surface area contributed by atoms with Gasteiger partial charge in [-0.05, 0) is 54.6 Å². The molecule has 22 heavy (non-hydrogen) atoms. The molecule has 1 aliphatic rings. The number of rotatable bonds is 7. The van der Waals surface area contributed by atoms with Crippen LogP contribution in [0.1, 0.15) is 83.5 Å². The van der Waals surface area contributed by atoms with E-state index in [1.165, 1.54) is 56.1 Å². The van der Waals surface area contributed by atoms with Gasteiger partial charge in [0.15, 0.2) is 0 Å². The Morgan fingerprint density at radius 2 is 2.05 bits per heavy atom. The predicted molar refractivity (Wildman–Crippen MR) is 95.2 cm³/mol. The van der Waals surface area contributed by atoms with Gasteiger partial charge in [0.1, 0.15) is 0 Å². The fourth-order valence-corrected chi connectivity index (χ4v) is 3.70. The van der Waals surface area contributed by atoms with Crippen molar-refractivity contribution in [3.8, 4) is 0 Å². The lowest BCUT2D eigenvalue weighted by Crippen LogP contribution is -2.20. The van der Waals surface area contributed by atoms with E-state index in [2.05, 4.69) is 52.0 Å². The van der Waals surface area contributed by atoms with Crippen LogP contribution in [-0.4, -0.2) is 6.61 Å². The maximum absolute atomic E-state index is 5.81. The van der Waals surface area contributed by atoms with Crippen LogP contribution in [0.2, 0.25) is 0 Å². The van der Waals surface area contributed by atoms with Crippen LogP contribution in [0.3, 0.4) is 0 Å². The molecule has 0 spiro atoms. The Balaban J connectivity index is 1.87. The second-order valence-corrected chi connectivity index (χ2v) is 7.99. The van der Waals surface area contributed by atoms with E-state index in [1.807, 2.05) is 0 Å². The zero-order chi connectivity index (χ0) is 16.0. The molecule has 0 N–H and O–H groups in total. The Hall–Kier alpha value is -0.820. The summed E-state index contributed by atoms with van der Waals surface area (Å²) >= 11 is 0. The zero-order valence-corrected chi connectivity index (χ0v) is 15.0. The van der Waals surface area contributed by atoms with Crippen molar-refractivity contribution >= 4 is 0 Å². The monoisotopic (exact) mass is 302 g/mol. The quantitative estimate of drug-likeness (QED) is 0.572. The van der Waals surface area contributed by atoms with Gasteiger partial charge in [-0.2, -0.15) is 0 Å². The van der Waals surface area contributed by atoms with Gasteiger partial charge in [-0.3, -0.25) is 0 Å². The second kappa shape index (κ2) is 8.15. The number of benzene rings is 1. The molecule has 1 aromatic rings. The molecule has 2 rings (SSSR count). The second-order valence-electron chi connectivity index (χ2n) is 7.99. The summed E-state index contributed by atoms with van der Waals surface area (Å²) in [7, 11) is 0. The molecule has 2 unspecified atom stereocenters. The van der Waals surface area contributed by atoms with Gasteiger partial charge in [0.05, 0.1) is 6.10 Å². The third-order valence-corrected chi connectivity index (χ3v) is 5.13. The molecule has 0 aromatic heterocycles. The maximum Gasteiger partial charge on any atom is 0.0825 e. The SMILES string of the molecule is CCCC(CCCc1cccc(C2CCCO2)c1)C(C)(C)C. The van der Waals surface area contributed by atoms with E-state index in [1.54, 1.807) is 0 Å². The van der Waals surface area contributed by atoms with Crippen molar-refractivity contribution in [2.24, 2.45) is 11.3 Å². The summed E-state index contributed by atoms with van der Waals surface area (Å²) in [4.78, 5) is 0. The highest BCUT2D eigenvalue weighted by Crippen LogP contribution is 2.34. The Bertz CT molecular complexity index is 437. The van der Waals surface area contributed by atoms with Gasteiger partial charge < -0.3 is 4.74 Å². The van der Waals surface area contributed by atoms with Crippen molar-refractivity contribution in [2.75, 3.05) is 6.61 Å². The predicted octanol–water partition coefficient (Wildman–Crippen LogP) is 6.32. The first kappa shape index (κ1) is 17.5. The van der Waals surface area contributed by atoms with Crippen LogP contribution in [-0.2, 0) is 11.2 Å².